The molecule has 0 bridgehead atoms. The van der Waals surface area contributed by atoms with Gasteiger partial charge in [-0.2, -0.15) is 0 Å². The van der Waals surface area contributed by atoms with Crippen molar-refractivity contribution in [2.24, 2.45) is 0 Å². The zero-order chi connectivity index (χ0) is 53.6. The maximum atomic E-state index is 6.69. The lowest BCUT2D eigenvalue weighted by molar-refractivity contribution is 0.434. The summed E-state index contributed by atoms with van der Waals surface area (Å²) in [5.41, 5.74) is 27.7. The van der Waals surface area contributed by atoms with Gasteiger partial charge in [0.05, 0.1) is 16.8 Å². The Kier molecular flexibility index (Phi) is 12.9. The Bertz CT molecular complexity index is 3570. The van der Waals surface area contributed by atoms with Gasteiger partial charge in [-0.1, -0.05) is 268 Å². The molecule has 0 amide bonds. The summed E-state index contributed by atoms with van der Waals surface area (Å²) >= 11 is 0. The van der Waals surface area contributed by atoms with E-state index < -0.39 is 5.41 Å². The fourth-order valence-corrected chi connectivity index (χ4v) is 13.9. The third-order valence-electron chi connectivity index (χ3n) is 17.6. The Balaban J connectivity index is 1.06. The van der Waals surface area contributed by atoms with Crippen LogP contribution < -0.4 is 42.4 Å². The fourth-order valence-electron chi connectivity index (χ4n) is 13.9. The zero-order valence-corrected chi connectivity index (χ0v) is 47.4. The van der Waals surface area contributed by atoms with Crippen LogP contribution in [-0.2, 0) is 5.41 Å². The van der Waals surface area contributed by atoms with Gasteiger partial charge in [0.25, 0.3) is 0 Å². The van der Waals surface area contributed by atoms with Crippen LogP contribution in [0.2, 0.25) is 0 Å². The molecular formula is C73H73B2NO. The first-order valence-corrected chi connectivity index (χ1v) is 28.7. The van der Waals surface area contributed by atoms with Crippen LogP contribution in [0, 0.1) is 0 Å². The molecule has 0 radical (unpaired) electrons. The maximum Gasteiger partial charge on any atom is 0.240 e. The van der Waals surface area contributed by atoms with E-state index in [1.54, 1.807) is 0 Å². The number of para-hydroxylation sites is 4. The summed E-state index contributed by atoms with van der Waals surface area (Å²) in [5.74, 6) is 4.11. The summed E-state index contributed by atoms with van der Waals surface area (Å²) in [7, 11) is 0. The van der Waals surface area contributed by atoms with Crippen LogP contribution in [-0.4, -0.2) is 13.4 Å². The van der Waals surface area contributed by atoms with Crippen molar-refractivity contribution in [3.05, 3.63) is 244 Å². The van der Waals surface area contributed by atoms with Crippen LogP contribution in [0.3, 0.4) is 0 Å². The average molecular weight is 1000 g/mol. The Hall–Kier alpha value is -7.29. The van der Waals surface area contributed by atoms with E-state index in [0.29, 0.717) is 35.5 Å². The van der Waals surface area contributed by atoms with E-state index in [-0.39, 0.29) is 13.4 Å². The van der Waals surface area contributed by atoms with Crippen molar-refractivity contribution in [2.75, 3.05) is 4.90 Å². The molecule has 0 saturated heterocycles. The van der Waals surface area contributed by atoms with Gasteiger partial charge in [-0.15, -0.1) is 0 Å². The van der Waals surface area contributed by atoms with Crippen molar-refractivity contribution in [1.82, 2.24) is 0 Å². The highest BCUT2D eigenvalue weighted by Crippen LogP contribution is 2.62. The number of ether oxygens (including phenoxy) is 1. The lowest BCUT2D eigenvalue weighted by Crippen LogP contribution is -2.76. The van der Waals surface area contributed by atoms with E-state index in [9.17, 15) is 0 Å². The van der Waals surface area contributed by atoms with Crippen LogP contribution in [0.15, 0.2) is 188 Å². The minimum Gasteiger partial charge on any atom is -0.457 e. The normalized spacial score (nSPS) is 14.0. The lowest BCUT2D eigenvalue weighted by atomic mass is 9.20. The van der Waals surface area contributed by atoms with Crippen LogP contribution in [0.4, 0.5) is 17.1 Å². The molecule has 1 spiro atoms. The van der Waals surface area contributed by atoms with Crippen molar-refractivity contribution in [3.63, 3.8) is 0 Å². The molecule has 0 aliphatic carbocycles. The molecule has 9 aromatic carbocycles. The van der Waals surface area contributed by atoms with Crippen molar-refractivity contribution in [2.45, 2.75) is 124 Å². The van der Waals surface area contributed by atoms with Crippen molar-refractivity contribution in [1.29, 1.82) is 0 Å². The molecule has 0 fully saturated rings. The van der Waals surface area contributed by atoms with Gasteiger partial charge >= 0.3 is 0 Å². The van der Waals surface area contributed by atoms with E-state index >= 15 is 0 Å². The molecule has 77 heavy (non-hydrogen) atoms. The van der Waals surface area contributed by atoms with Gasteiger partial charge in [-0.3, -0.25) is 0 Å². The smallest absolute Gasteiger partial charge is 0.240 e. The Morgan fingerprint density at radius 2 is 0.701 bits per heavy atom. The van der Waals surface area contributed by atoms with E-state index in [1.165, 1.54) is 99.8 Å². The van der Waals surface area contributed by atoms with Crippen molar-refractivity contribution < 1.29 is 4.74 Å². The third-order valence-corrected chi connectivity index (χ3v) is 17.6. The Labute approximate surface area is 460 Å². The standard InChI is InChI=1S/C73H73B2NO/c1-44(2)52-39-55(46(5)6)71(56(40-52)47(7)8)74-63-27-17-18-28-64(63)75(72-57(48(9)10)41-53(45(3)4)42-58(72)49(11)12)66-43-51(35-38-65(66)74)50-33-36-54(37-34-50)76-67-29-19-13-23-59(67)73(60-24-14-20-30-68(60)76)61-25-15-21-31-69(61)77-70-32-22-16-26-62(70)73/h13-49H,1-12H3. The molecule has 3 heterocycles. The largest absolute Gasteiger partial charge is 0.457 e. The topological polar surface area (TPSA) is 12.5 Å². The van der Waals surface area contributed by atoms with Gasteiger partial charge < -0.3 is 9.64 Å². The Morgan fingerprint density at radius 1 is 0.338 bits per heavy atom. The molecule has 3 aliphatic heterocycles. The number of benzene rings is 9. The van der Waals surface area contributed by atoms with Crippen LogP contribution in [0.5, 0.6) is 11.5 Å². The van der Waals surface area contributed by atoms with E-state index in [4.69, 9.17) is 4.74 Å². The number of fused-ring (bicyclic) bond motifs is 10. The summed E-state index contributed by atoms with van der Waals surface area (Å²) in [4.78, 5) is 2.48. The van der Waals surface area contributed by atoms with Gasteiger partial charge in [0, 0.05) is 16.8 Å². The van der Waals surface area contributed by atoms with Gasteiger partial charge in [0.15, 0.2) is 0 Å². The number of anilines is 3. The first-order valence-electron chi connectivity index (χ1n) is 28.7. The van der Waals surface area contributed by atoms with Crippen LogP contribution in [0.1, 0.15) is 174 Å². The monoisotopic (exact) mass is 1000 g/mol. The molecule has 0 saturated carbocycles. The molecule has 12 rings (SSSR count). The highest BCUT2D eigenvalue weighted by molar-refractivity contribution is 7.11. The molecule has 0 aromatic heterocycles. The number of nitrogens with zero attached hydrogens (tertiary/aromatic N) is 1. The highest BCUT2D eigenvalue weighted by atomic mass is 16.5. The number of hydrogen-bond acceptors (Lipinski definition) is 2. The molecule has 0 atom stereocenters. The maximum absolute atomic E-state index is 6.69. The molecular weight excluding hydrogens is 928 g/mol. The molecule has 4 heteroatoms. The zero-order valence-electron chi connectivity index (χ0n) is 47.4. The number of hydrogen-bond donors (Lipinski definition) is 0. The van der Waals surface area contributed by atoms with E-state index in [0.717, 1.165) is 28.3 Å². The summed E-state index contributed by atoms with van der Waals surface area (Å²) in [6.45, 7) is 28.8. The Morgan fingerprint density at radius 3 is 1.13 bits per heavy atom. The highest BCUT2D eigenvalue weighted by Gasteiger charge is 2.51. The SMILES string of the molecule is CC(C)c1cc(C(C)C)c(B2c3ccccc3B(c3c(C(C)C)cc(C(C)C)cc3C(C)C)c3cc(-c4ccc(N5c6ccccc6C6(c7ccccc7Oc7ccccc76)c6ccccc65)cc4)ccc32)c(C(C)C)c1. The quantitative estimate of drug-likeness (QED) is 0.127. The van der Waals surface area contributed by atoms with E-state index in [1.807, 2.05) is 0 Å². The predicted octanol–water partition coefficient (Wildman–Crippen LogP) is 15.7. The minimum absolute atomic E-state index is 0.0572. The molecule has 3 aliphatic rings. The van der Waals surface area contributed by atoms with Crippen molar-refractivity contribution in [3.8, 4) is 22.6 Å². The minimum atomic E-state index is -0.576. The molecule has 0 N–H and O–H groups in total. The van der Waals surface area contributed by atoms with E-state index in [2.05, 4.69) is 276 Å². The molecule has 9 aromatic rings. The lowest BCUT2D eigenvalue weighted by Gasteiger charge is -2.48. The summed E-state index contributed by atoms with van der Waals surface area (Å²) in [6.07, 6.45) is 0. The summed E-state index contributed by atoms with van der Waals surface area (Å²) in [5, 5.41) is 0. The number of rotatable bonds is 10. The first-order chi connectivity index (χ1) is 37.2. The first kappa shape index (κ1) is 50.5. The second-order valence-electron chi connectivity index (χ2n) is 24.3. The van der Waals surface area contributed by atoms with Gasteiger partial charge in [-0.25, -0.2) is 0 Å². The summed E-state index contributed by atoms with van der Waals surface area (Å²) in [6, 6.07) is 72.0. The van der Waals surface area contributed by atoms with Gasteiger partial charge in [-0.05, 0) is 128 Å². The van der Waals surface area contributed by atoms with Gasteiger partial charge in [0.2, 0.25) is 13.4 Å². The van der Waals surface area contributed by atoms with Gasteiger partial charge in [0.1, 0.15) is 11.5 Å². The molecule has 382 valence electrons. The third kappa shape index (κ3) is 8.07. The molecule has 0 unspecified atom stereocenters. The fraction of sp³-hybridized carbons (Fsp3) is 0.260. The second kappa shape index (κ2) is 19.6. The van der Waals surface area contributed by atoms with Crippen molar-refractivity contribution >= 4 is 63.3 Å². The summed E-state index contributed by atoms with van der Waals surface area (Å²) < 4.78 is 6.69. The van der Waals surface area contributed by atoms with Crippen LogP contribution >= 0.6 is 0 Å². The predicted molar refractivity (Wildman–Crippen MR) is 332 cm³/mol. The average Bonchev–Trinajstić information content (AvgIpc) is 3.61. The molecule has 2 nitrogen and oxygen atoms in total. The second-order valence-corrected chi connectivity index (χ2v) is 24.3. The van der Waals surface area contributed by atoms with Crippen LogP contribution in [0.25, 0.3) is 11.1 Å².